The van der Waals surface area contributed by atoms with E-state index in [0.717, 1.165) is 0 Å². The van der Waals surface area contributed by atoms with Gasteiger partial charge in [-0.1, -0.05) is 12.5 Å². The predicted octanol–water partition coefficient (Wildman–Crippen LogP) is 2.49. The van der Waals surface area contributed by atoms with Crippen LogP contribution >= 0.6 is 0 Å². The highest BCUT2D eigenvalue weighted by Gasteiger charge is 2.33. The Morgan fingerprint density at radius 2 is 2.17 bits per heavy atom. The van der Waals surface area contributed by atoms with E-state index >= 15 is 0 Å². The maximum absolute atomic E-state index is 6.14. The van der Waals surface area contributed by atoms with Gasteiger partial charge in [0, 0.05) is 30.5 Å². The summed E-state index contributed by atoms with van der Waals surface area (Å²) in [5.41, 5.74) is 7.52. The molecule has 0 spiro atoms. The lowest BCUT2D eigenvalue weighted by atomic mass is 9.89. The van der Waals surface area contributed by atoms with E-state index in [-0.39, 0.29) is 0 Å². The van der Waals surface area contributed by atoms with E-state index in [0.29, 0.717) is 18.1 Å². The molecule has 0 amide bonds. The Morgan fingerprint density at radius 3 is 2.94 bits per heavy atom. The quantitative estimate of drug-likeness (QED) is 0.870. The molecule has 0 bridgehead atoms. The summed E-state index contributed by atoms with van der Waals surface area (Å²) in [5.74, 6) is 0. The van der Waals surface area contributed by atoms with Crippen molar-refractivity contribution in [2.45, 2.75) is 56.7 Å². The van der Waals surface area contributed by atoms with Gasteiger partial charge in [0.2, 0.25) is 0 Å². The fourth-order valence-corrected chi connectivity index (χ4v) is 3.66. The molecule has 1 aromatic rings. The minimum atomic E-state index is 0.416. The van der Waals surface area contributed by atoms with Gasteiger partial charge in [0.15, 0.2) is 0 Å². The molecule has 0 aromatic carbocycles. The highest BCUT2D eigenvalue weighted by molar-refractivity contribution is 5.16. The van der Waals surface area contributed by atoms with Gasteiger partial charge in [-0.25, -0.2) is 0 Å². The molecule has 2 heterocycles. The number of rotatable bonds is 2. The lowest BCUT2D eigenvalue weighted by Gasteiger charge is -2.37. The summed E-state index contributed by atoms with van der Waals surface area (Å²) in [5, 5.41) is 0. The van der Waals surface area contributed by atoms with Gasteiger partial charge in [-0.2, -0.15) is 0 Å². The lowest BCUT2D eigenvalue weighted by Crippen LogP contribution is -2.42. The van der Waals surface area contributed by atoms with Crippen molar-refractivity contribution in [1.82, 2.24) is 9.88 Å². The Bertz CT molecular complexity index is 379. The van der Waals surface area contributed by atoms with Crippen molar-refractivity contribution in [1.29, 1.82) is 0 Å². The third-order valence-electron chi connectivity index (χ3n) is 4.52. The Morgan fingerprint density at radius 1 is 1.22 bits per heavy atom. The third kappa shape index (κ3) is 2.43. The van der Waals surface area contributed by atoms with Crippen LogP contribution in [-0.4, -0.2) is 28.5 Å². The number of likely N-dealkylation sites (tertiary alicyclic amines) is 1. The Balaban J connectivity index is 1.75. The second-order valence-electron chi connectivity index (χ2n) is 5.76. The van der Waals surface area contributed by atoms with Gasteiger partial charge in [-0.05, 0) is 50.3 Å². The molecular weight excluding hydrogens is 222 g/mol. The summed E-state index contributed by atoms with van der Waals surface area (Å²) in [7, 11) is 0. The van der Waals surface area contributed by atoms with Crippen LogP contribution in [0.3, 0.4) is 0 Å². The standard InChI is InChI=1S/C15H23N3/c16-13-5-1-6-14(10-13)18-9-3-7-15(18)12-4-2-8-17-11-12/h2,4,8,11,13-15H,1,3,5-7,9-10,16H2. The molecule has 1 saturated heterocycles. The van der Waals surface area contributed by atoms with Gasteiger partial charge >= 0.3 is 0 Å². The zero-order chi connectivity index (χ0) is 12.4. The van der Waals surface area contributed by atoms with Crippen molar-refractivity contribution >= 4 is 0 Å². The molecule has 1 aliphatic carbocycles. The van der Waals surface area contributed by atoms with Crippen molar-refractivity contribution in [3.05, 3.63) is 30.1 Å². The maximum Gasteiger partial charge on any atom is 0.0366 e. The van der Waals surface area contributed by atoms with Gasteiger partial charge in [0.1, 0.15) is 0 Å². The summed E-state index contributed by atoms with van der Waals surface area (Å²) in [6.07, 6.45) is 11.5. The summed E-state index contributed by atoms with van der Waals surface area (Å²) in [4.78, 5) is 6.96. The smallest absolute Gasteiger partial charge is 0.0366 e. The van der Waals surface area contributed by atoms with Gasteiger partial charge in [0.25, 0.3) is 0 Å². The average Bonchev–Trinajstić information content (AvgIpc) is 2.89. The lowest BCUT2D eigenvalue weighted by molar-refractivity contribution is 0.134. The van der Waals surface area contributed by atoms with Crippen molar-refractivity contribution in [3.63, 3.8) is 0 Å². The fourth-order valence-electron chi connectivity index (χ4n) is 3.66. The molecule has 2 N–H and O–H groups in total. The first kappa shape index (κ1) is 12.1. The summed E-state index contributed by atoms with van der Waals surface area (Å²) >= 11 is 0. The van der Waals surface area contributed by atoms with Crippen LogP contribution in [-0.2, 0) is 0 Å². The van der Waals surface area contributed by atoms with Gasteiger partial charge in [0.05, 0.1) is 0 Å². The van der Waals surface area contributed by atoms with Gasteiger partial charge < -0.3 is 5.73 Å². The highest BCUT2D eigenvalue weighted by atomic mass is 15.2. The second kappa shape index (κ2) is 5.37. The topological polar surface area (TPSA) is 42.1 Å². The Kier molecular flexibility index (Phi) is 3.62. The molecule has 3 atom stereocenters. The minimum Gasteiger partial charge on any atom is -0.328 e. The largest absolute Gasteiger partial charge is 0.328 e. The molecule has 1 aromatic heterocycles. The maximum atomic E-state index is 6.14. The third-order valence-corrected chi connectivity index (χ3v) is 4.52. The van der Waals surface area contributed by atoms with Crippen molar-refractivity contribution in [2.75, 3.05) is 6.54 Å². The molecule has 1 aliphatic heterocycles. The van der Waals surface area contributed by atoms with Gasteiger partial charge in [-0.3, -0.25) is 9.88 Å². The fraction of sp³-hybridized carbons (Fsp3) is 0.667. The van der Waals surface area contributed by atoms with Crippen LogP contribution in [0.1, 0.15) is 50.1 Å². The molecule has 3 nitrogen and oxygen atoms in total. The normalized spacial score (nSPS) is 33.7. The first-order valence-corrected chi connectivity index (χ1v) is 7.26. The summed E-state index contributed by atoms with van der Waals surface area (Å²) in [6.45, 7) is 1.23. The molecule has 3 rings (SSSR count). The summed E-state index contributed by atoms with van der Waals surface area (Å²) < 4.78 is 0. The first-order chi connectivity index (χ1) is 8.84. The predicted molar refractivity (Wildman–Crippen MR) is 73.1 cm³/mol. The van der Waals surface area contributed by atoms with Crippen molar-refractivity contribution in [2.24, 2.45) is 5.73 Å². The molecule has 3 unspecified atom stereocenters. The molecule has 1 saturated carbocycles. The summed E-state index contributed by atoms with van der Waals surface area (Å²) in [6, 6.07) is 5.96. The second-order valence-corrected chi connectivity index (χ2v) is 5.76. The monoisotopic (exact) mass is 245 g/mol. The molecular formula is C15H23N3. The Hall–Kier alpha value is -0.930. The number of nitrogens with two attached hydrogens (primary N) is 1. The highest BCUT2D eigenvalue weighted by Crippen LogP contribution is 2.36. The first-order valence-electron chi connectivity index (χ1n) is 7.26. The Labute approximate surface area is 109 Å². The average molecular weight is 245 g/mol. The van der Waals surface area contributed by atoms with E-state index in [1.807, 2.05) is 12.4 Å². The van der Waals surface area contributed by atoms with Crippen LogP contribution in [0.25, 0.3) is 0 Å². The molecule has 98 valence electrons. The number of aromatic nitrogens is 1. The molecule has 2 aliphatic rings. The van der Waals surface area contributed by atoms with Crippen LogP contribution in [0, 0.1) is 0 Å². The number of hydrogen-bond acceptors (Lipinski definition) is 3. The van der Waals surface area contributed by atoms with Gasteiger partial charge in [-0.15, -0.1) is 0 Å². The van der Waals surface area contributed by atoms with Crippen molar-refractivity contribution in [3.8, 4) is 0 Å². The number of hydrogen-bond donors (Lipinski definition) is 1. The van der Waals surface area contributed by atoms with Crippen LogP contribution in [0.15, 0.2) is 24.5 Å². The van der Waals surface area contributed by atoms with E-state index in [2.05, 4.69) is 22.0 Å². The molecule has 3 heteroatoms. The zero-order valence-corrected chi connectivity index (χ0v) is 11.0. The molecule has 18 heavy (non-hydrogen) atoms. The van der Waals surface area contributed by atoms with Crippen LogP contribution in [0.2, 0.25) is 0 Å². The van der Waals surface area contributed by atoms with Crippen LogP contribution in [0.5, 0.6) is 0 Å². The number of nitrogens with zero attached hydrogens (tertiary/aromatic N) is 2. The van der Waals surface area contributed by atoms with E-state index in [9.17, 15) is 0 Å². The molecule has 2 fully saturated rings. The van der Waals surface area contributed by atoms with E-state index in [4.69, 9.17) is 5.73 Å². The zero-order valence-electron chi connectivity index (χ0n) is 11.0. The van der Waals surface area contributed by atoms with E-state index < -0.39 is 0 Å². The van der Waals surface area contributed by atoms with Crippen LogP contribution in [0.4, 0.5) is 0 Å². The minimum absolute atomic E-state index is 0.416. The van der Waals surface area contributed by atoms with Crippen LogP contribution < -0.4 is 5.73 Å². The SMILES string of the molecule is NC1CCCC(N2CCCC2c2cccnc2)C1. The van der Waals surface area contributed by atoms with Crippen molar-refractivity contribution < 1.29 is 0 Å². The van der Waals surface area contributed by atoms with E-state index in [1.165, 1.54) is 50.6 Å². The molecule has 0 radical (unpaired) electrons. The number of pyridine rings is 1. The van der Waals surface area contributed by atoms with E-state index in [1.54, 1.807) is 0 Å².